The molecule has 0 aliphatic heterocycles. The summed E-state index contributed by atoms with van der Waals surface area (Å²) in [5, 5.41) is 26.1. The molecule has 2 aromatic carbocycles. The van der Waals surface area contributed by atoms with E-state index in [1.165, 1.54) is 6.08 Å². The van der Waals surface area contributed by atoms with Crippen LogP contribution in [0, 0.1) is 22.7 Å². The van der Waals surface area contributed by atoms with Crippen molar-refractivity contribution in [3.05, 3.63) is 71.8 Å². The smallest absolute Gasteiger partial charge is 0.333 e. The maximum absolute atomic E-state index is 11.5. The predicted octanol–water partition coefficient (Wildman–Crippen LogP) is 5.48. The van der Waals surface area contributed by atoms with Gasteiger partial charge in [-0.15, -0.1) is 0 Å². The van der Waals surface area contributed by atoms with Crippen LogP contribution in [0.2, 0.25) is 0 Å². The van der Waals surface area contributed by atoms with Gasteiger partial charge in [-0.05, 0) is 61.9 Å². The lowest BCUT2D eigenvalue weighted by molar-refractivity contribution is -0.138. The van der Waals surface area contributed by atoms with E-state index in [0.29, 0.717) is 23.5 Å². The van der Waals surface area contributed by atoms with Crippen LogP contribution in [0.5, 0.6) is 0 Å². The highest BCUT2D eigenvalue weighted by molar-refractivity contribution is 5.86. The molecule has 31 heavy (non-hydrogen) atoms. The molecular formula is C24H23N5O2. The van der Waals surface area contributed by atoms with Crippen LogP contribution in [0.4, 0.5) is 17.1 Å². The third kappa shape index (κ3) is 7.26. The van der Waals surface area contributed by atoms with Gasteiger partial charge >= 0.3 is 5.97 Å². The fraction of sp³-hybridized carbons (Fsp3) is 0.208. The van der Waals surface area contributed by atoms with Gasteiger partial charge in [-0.2, -0.15) is 20.8 Å². The molecule has 0 amide bonds. The highest BCUT2D eigenvalue weighted by Crippen LogP contribution is 2.23. The number of hydrogen-bond donors (Lipinski definition) is 0. The third-order valence-corrected chi connectivity index (χ3v) is 4.27. The highest BCUT2D eigenvalue weighted by Gasteiger charge is 2.07. The van der Waals surface area contributed by atoms with Crippen LogP contribution in [0.25, 0.3) is 6.08 Å². The van der Waals surface area contributed by atoms with Crippen molar-refractivity contribution in [2.24, 2.45) is 10.2 Å². The fourth-order valence-corrected chi connectivity index (χ4v) is 2.58. The molecular weight excluding hydrogens is 390 g/mol. The molecule has 0 saturated carbocycles. The molecule has 2 aromatic rings. The Morgan fingerprint density at radius 3 is 2.10 bits per heavy atom. The molecule has 7 heteroatoms. The molecule has 0 radical (unpaired) electrons. The van der Waals surface area contributed by atoms with Crippen LogP contribution in [-0.4, -0.2) is 25.7 Å². The molecule has 0 fully saturated rings. The average molecular weight is 413 g/mol. The summed E-state index contributed by atoms with van der Waals surface area (Å²) < 4.78 is 5.16. The lowest BCUT2D eigenvalue weighted by atomic mass is 10.1. The molecule has 0 heterocycles. The van der Waals surface area contributed by atoms with Crippen molar-refractivity contribution in [3.63, 3.8) is 0 Å². The van der Waals surface area contributed by atoms with Gasteiger partial charge in [0.1, 0.15) is 24.3 Å². The van der Waals surface area contributed by atoms with Gasteiger partial charge in [0.15, 0.2) is 0 Å². The van der Waals surface area contributed by atoms with Crippen molar-refractivity contribution >= 4 is 29.1 Å². The van der Waals surface area contributed by atoms with Crippen LogP contribution < -0.4 is 4.90 Å². The first-order chi connectivity index (χ1) is 15.0. The normalized spacial score (nSPS) is 10.1. The Morgan fingerprint density at radius 1 is 1.06 bits per heavy atom. The number of nitrogens with zero attached hydrogens (tertiary/aromatic N) is 5. The Hall–Kier alpha value is -4.23. The van der Waals surface area contributed by atoms with E-state index in [9.17, 15) is 4.79 Å². The van der Waals surface area contributed by atoms with Gasteiger partial charge in [0, 0.05) is 17.8 Å². The van der Waals surface area contributed by atoms with Gasteiger partial charge in [-0.1, -0.05) is 18.7 Å². The van der Waals surface area contributed by atoms with Gasteiger partial charge < -0.3 is 9.64 Å². The minimum absolute atomic E-state index is 0.0459. The van der Waals surface area contributed by atoms with Crippen LogP contribution in [0.1, 0.15) is 19.4 Å². The molecule has 0 aromatic heterocycles. The molecule has 0 unspecified atom stereocenters. The van der Waals surface area contributed by atoms with E-state index in [1.54, 1.807) is 31.2 Å². The van der Waals surface area contributed by atoms with E-state index in [4.69, 9.17) is 15.3 Å². The zero-order valence-electron chi connectivity index (χ0n) is 17.6. The molecule has 7 nitrogen and oxygen atoms in total. The number of anilines is 1. The highest BCUT2D eigenvalue weighted by atomic mass is 16.5. The predicted molar refractivity (Wildman–Crippen MR) is 120 cm³/mol. The van der Waals surface area contributed by atoms with Crippen LogP contribution in [0.3, 0.4) is 0 Å². The number of likely N-dealkylation sites (N-methyl/N-ethyl adjacent to an activating group) is 1. The van der Waals surface area contributed by atoms with E-state index < -0.39 is 0 Å². The van der Waals surface area contributed by atoms with E-state index in [2.05, 4.69) is 21.7 Å². The summed E-state index contributed by atoms with van der Waals surface area (Å²) in [7, 11) is 0. The monoisotopic (exact) mass is 413 g/mol. The summed E-state index contributed by atoms with van der Waals surface area (Å²) in [6, 6.07) is 18.3. The summed E-state index contributed by atoms with van der Waals surface area (Å²) in [6.45, 7) is 8.86. The lowest BCUT2D eigenvalue weighted by Crippen LogP contribution is -2.28. The van der Waals surface area contributed by atoms with Crippen molar-refractivity contribution in [2.75, 3.05) is 24.6 Å². The quantitative estimate of drug-likeness (QED) is 0.234. The zero-order valence-corrected chi connectivity index (χ0v) is 17.6. The van der Waals surface area contributed by atoms with Gasteiger partial charge in [0.25, 0.3) is 0 Å². The van der Waals surface area contributed by atoms with Crippen LogP contribution in [0.15, 0.2) is 76.5 Å². The molecule has 0 bridgehead atoms. The summed E-state index contributed by atoms with van der Waals surface area (Å²) >= 11 is 0. The van der Waals surface area contributed by atoms with Gasteiger partial charge in [0.05, 0.1) is 17.9 Å². The Labute approximate surface area is 182 Å². The summed E-state index contributed by atoms with van der Waals surface area (Å²) in [5.41, 5.74) is 3.53. The average Bonchev–Trinajstić information content (AvgIpc) is 2.80. The number of rotatable bonds is 9. The second kappa shape index (κ2) is 11.7. The van der Waals surface area contributed by atoms with Crippen molar-refractivity contribution in [2.45, 2.75) is 13.8 Å². The minimum atomic E-state index is -0.383. The van der Waals surface area contributed by atoms with Gasteiger partial charge in [0.2, 0.25) is 0 Å². The molecule has 0 aliphatic carbocycles. The number of carbonyl (C=O) groups is 1. The molecule has 2 rings (SSSR count). The van der Waals surface area contributed by atoms with Crippen LogP contribution in [-0.2, 0) is 9.53 Å². The zero-order chi connectivity index (χ0) is 22.6. The maximum Gasteiger partial charge on any atom is 0.333 e. The Balaban J connectivity index is 1.98. The number of ether oxygens (including phenoxy) is 1. The molecule has 156 valence electrons. The number of esters is 1. The Bertz CT molecular complexity index is 1040. The number of benzene rings is 2. The molecule has 0 aliphatic rings. The molecule has 0 saturated heterocycles. The second-order valence-electron chi connectivity index (χ2n) is 6.59. The first-order valence-electron chi connectivity index (χ1n) is 9.68. The van der Waals surface area contributed by atoms with Crippen molar-refractivity contribution < 1.29 is 9.53 Å². The lowest BCUT2D eigenvalue weighted by Gasteiger charge is -2.22. The first kappa shape index (κ1) is 23.1. The number of azo groups is 1. The second-order valence-corrected chi connectivity index (χ2v) is 6.59. The largest absolute Gasteiger partial charge is 0.460 e. The maximum atomic E-state index is 11.5. The van der Waals surface area contributed by atoms with Crippen molar-refractivity contribution in [3.8, 4) is 12.1 Å². The standard InChI is InChI=1S/C24H23N5O2/c1-4-29(13-14-31-24(30)18(2)3)23-11-9-22(10-12-23)28-27-21-7-5-19(6-8-21)15-20(16-25)17-26/h5-12,15H,2,4,13-14H2,1,3H3. The minimum Gasteiger partial charge on any atom is -0.460 e. The topological polar surface area (TPSA) is 102 Å². The number of carbonyl (C=O) groups excluding carboxylic acids is 1. The first-order valence-corrected chi connectivity index (χ1v) is 9.68. The summed E-state index contributed by atoms with van der Waals surface area (Å²) in [5.74, 6) is -0.383. The summed E-state index contributed by atoms with van der Waals surface area (Å²) in [4.78, 5) is 13.6. The fourth-order valence-electron chi connectivity index (χ4n) is 2.58. The molecule has 0 N–H and O–H groups in total. The Kier molecular flexibility index (Phi) is 8.70. The number of nitriles is 2. The molecule has 0 spiro atoms. The Morgan fingerprint density at radius 2 is 1.61 bits per heavy atom. The summed E-state index contributed by atoms with van der Waals surface area (Å²) in [6.07, 6.45) is 1.51. The van der Waals surface area contributed by atoms with Gasteiger partial charge in [-0.3, -0.25) is 0 Å². The van der Waals surface area contributed by atoms with E-state index in [1.807, 2.05) is 43.3 Å². The van der Waals surface area contributed by atoms with Crippen LogP contribution >= 0.6 is 0 Å². The van der Waals surface area contributed by atoms with E-state index >= 15 is 0 Å². The van der Waals surface area contributed by atoms with Crippen molar-refractivity contribution in [1.29, 1.82) is 10.5 Å². The number of allylic oxidation sites excluding steroid dienone is 1. The van der Waals surface area contributed by atoms with Gasteiger partial charge in [-0.25, -0.2) is 4.79 Å². The number of hydrogen-bond acceptors (Lipinski definition) is 7. The SMILES string of the molecule is C=C(C)C(=O)OCCN(CC)c1ccc(N=Nc2ccc(C=C(C#N)C#N)cc2)cc1. The van der Waals surface area contributed by atoms with E-state index in [-0.39, 0.29) is 18.1 Å². The van der Waals surface area contributed by atoms with Crippen molar-refractivity contribution in [1.82, 2.24) is 0 Å². The molecule has 0 atom stereocenters. The third-order valence-electron chi connectivity index (χ3n) is 4.27. The van der Waals surface area contributed by atoms with E-state index in [0.717, 1.165) is 17.8 Å².